The molecule has 0 aliphatic carbocycles. The molecule has 0 fully saturated rings. The molecule has 7 heteroatoms. The molecule has 0 saturated carbocycles. The third kappa shape index (κ3) is 3.21. The molecule has 1 aromatic rings. The van der Waals surface area contributed by atoms with Gasteiger partial charge in [0.25, 0.3) is 5.91 Å². The zero-order chi connectivity index (χ0) is 11.4. The van der Waals surface area contributed by atoms with Crippen molar-refractivity contribution in [3.63, 3.8) is 0 Å². The van der Waals surface area contributed by atoms with Crippen LogP contribution in [-0.4, -0.2) is 39.0 Å². The lowest BCUT2D eigenvalue weighted by atomic mass is 10.1. The Labute approximate surface area is 97.4 Å². The summed E-state index contributed by atoms with van der Waals surface area (Å²) in [6.45, 7) is 2.37. The van der Waals surface area contributed by atoms with Gasteiger partial charge in [0.05, 0.1) is 4.99 Å². The van der Waals surface area contributed by atoms with E-state index in [9.17, 15) is 4.79 Å². The number of nitrogens with zero attached hydrogens (tertiary/aromatic N) is 3. The third-order valence-corrected chi connectivity index (χ3v) is 2.87. The van der Waals surface area contributed by atoms with Gasteiger partial charge in [-0.1, -0.05) is 23.6 Å². The number of hydrogen-bond acceptors (Lipinski definition) is 5. The Morgan fingerprint density at radius 2 is 2.47 bits per heavy atom. The molecule has 5 nitrogen and oxygen atoms in total. The lowest BCUT2D eigenvalue weighted by Gasteiger charge is -2.19. The summed E-state index contributed by atoms with van der Waals surface area (Å²) in [6.07, 6.45) is 0. The molecule has 1 heterocycles. The molecule has 15 heavy (non-hydrogen) atoms. The second-order valence-corrected chi connectivity index (χ2v) is 4.36. The molecule has 2 N–H and O–H groups in total. The van der Waals surface area contributed by atoms with E-state index in [1.807, 2.05) is 6.92 Å². The van der Waals surface area contributed by atoms with Gasteiger partial charge in [-0.15, -0.1) is 5.10 Å². The summed E-state index contributed by atoms with van der Waals surface area (Å²) in [5, 5.41) is 5.32. The number of carbonyl (C=O) groups is 1. The monoisotopic (exact) mass is 244 g/mol. The number of carbonyl (C=O) groups excluding carboxylic acids is 1. The van der Waals surface area contributed by atoms with Crippen LogP contribution in [0.5, 0.6) is 0 Å². The molecule has 0 radical (unpaired) electrons. The number of nitrogens with two attached hydrogens (primary N) is 1. The van der Waals surface area contributed by atoms with Gasteiger partial charge >= 0.3 is 0 Å². The largest absolute Gasteiger partial charge is 0.393 e. The molecule has 0 spiro atoms. The first-order chi connectivity index (χ1) is 7.02. The highest BCUT2D eigenvalue weighted by Gasteiger charge is 2.17. The summed E-state index contributed by atoms with van der Waals surface area (Å²) in [5.41, 5.74) is 5.83. The SMILES string of the molecule is CC(CN(C)C(=O)c1csnn1)C(N)=S. The smallest absolute Gasteiger partial charge is 0.275 e. The van der Waals surface area contributed by atoms with Crippen molar-refractivity contribution < 1.29 is 4.79 Å². The van der Waals surface area contributed by atoms with E-state index in [-0.39, 0.29) is 11.8 Å². The Hall–Kier alpha value is -1.08. The standard InChI is InChI=1S/C8H12N4OS2/c1-5(7(9)14)3-12(2)8(13)6-4-15-11-10-6/h4-5H,3H2,1-2H3,(H2,9,14). The molecule has 1 rings (SSSR count). The average molecular weight is 244 g/mol. The summed E-state index contributed by atoms with van der Waals surface area (Å²) in [7, 11) is 1.69. The molecule has 1 amide bonds. The van der Waals surface area contributed by atoms with Crippen molar-refractivity contribution >= 4 is 34.6 Å². The Bertz CT molecular complexity index is 352. The topological polar surface area (TPSA) is 72.1 Å². The van der Waals surface area contributed by atoms with Gasteiger partial charge in [0.2, 0.25) is 0 Å². The van der Waals surface area contributed by atoms with Crippen LogP contribution >= 0.6 is 23.8 Å². The van der Waals surface area contributed by atoms with Crippen LogP contribution in [0.25, 0.3) is 0 Å². The maximum absolute atomic E-state index is 11.7. The molecular weight excluding hydrogens is 232 g/mol. The van der Waals surface area contributed by atoms with Crippen molar-refractivity contribution in [2.45, 2.75) is 6.92 Å². The van der Waals surface area contributed by atoms with Crippen molar-refractivity contribution in [3.05, 3.63) is 11.1 Å². The molecule has 0 aliphatic rings. The van der Waals surface area contributed by atoms with Gasteiger partial charge in [0.15, 0.2) is 5.69 Å². The van der Waals surface area contributed by atoms with Crippen LogP contribution < -0.4 is 5.73 Å². The van der Waals surface area contributed by atoms with E-state index < -0.39 is 0 Å². The minimum Gasteiger partial charge on any atom is -0.393 e. The molecule has 1 atom stereocenters. The fourth-order valence-electron chi connectivity index (χ4n) is 1.04. The number of rotatable bonds is 4. The fourth-order valence-corrected chi connectivity index (χ4v) is 1.54. The third-order valence-electron chi connectivity index (χ3n) is 1.96. The first kappa shape index (κ1) is 12.0. The van der Waals surface area contributed by atoms with Crippen LogP contribution in [0, 0.1) is 5.92 Å². The number of thiocarbonyl (C=S) groups is 1. The average Bonchev–Trinajstić information content (AvgIpc) is 2.68. The molecule has 0 aromatic carbocycles. The van der Waals surface area contributed by atoms with Crippen LogP contribution in [0.15, 0.2) is 5.38 Å². The van der Waals surface area contributed by atoms with Crippen molar-refractivity contribution in [1.82, 2.24) is 14.5 Å². The van der Waals surface area contributed by atoms with Crippen molar-refractivity contribution in [2.24, 2.45) is 11.7 Å². The minimum absolute atomic E-state index is 0.000505. The van der Waals surface area contributed by atoms with Gasteiger partial charge < -0.3 is 10.6 Å². The van der Waals surface area contributed by atoms with E-state index in [4.69, 9.17) is 18.0 Å². The molecule has 82 valence electrons. The lowest BCUT2D eigenvalue weighted by molar-refractivity contribution is 0.0781. The summed E-state index contributed by atoms with van der Waals surface area (Å²) in [6, 6.07) is 0. The molecule has 0 saturated heterocycles. The normalized spacial score (nSPS) is 12.1. The summed E-state index contributed by atoms with van der Waals surface area (Å²) in [4.78, 5) is 13.7. The Balaban J connectivity index is 2.58. The maximum Gasteiger partial charge on any atom is 0.275 e. The van der Waals surface area contributed by atoms with E-state index in [2.05, 4.69) is 9.59 Å². The van der Waals surface area contributed by atoms with E-state index in [0.29, 0.717) is 17.2 Å². The van der Waals surface area contributed by atoms with E-state index in [1.165, 1.54) is 0 Å². The minimum atomic E-state index is -0.160. The van der Waals surface area contributed by atoms with E-state index in [0.717, 1.165) is 11.5 Å². The fraction of sp³-hybridized carbons (Fsp3) is 0.500. The van der Waals surface area contributed by atoms with Crippen molar-refractivity contribution in [3.8, 4) is 0 Å². The predicted molar refractivity (Wildman–Crippen MR) is 62.8 cm³/mol. The van der Waals surface area contributed by atoms with Gasteiger partial charge in [-0.3, -0.25) is 4.79 Å². The number of aromatic nitrogens is 2. The van der Waals surface area contributed by atoms with E-state index >= 15 is 0 Å². The zero-order valence-electron chi connectivity index (χ0n) is 8.51. The van der Waals surface area contributed by atoms with Crippen LogP contribution in [0.2, 0.25) is 0 Å². The summed E-state index contributed by atoms with van der Waals surface area (Å²) in [5.74, 6) is -0.160. The van der Waals surface area contributed by atoms with E-state index in [1.54, 1.807) is 17.3 Å². The first-order valence-electron chi connectivity index (χ1n) is 4.34. The Morgan fingerprint density at radius 1 is 1.80 bits per heavy atom. The Morgan fingerprint density at radius 3 is 2.93 bits per heavy atom. The highest BCUT2D eigenvalue weighted by atomic mass is 32.1. The molecule has 0 aliphatic heterocycles. The van der Waals surface area contributed by atoms with Crippen LogP contribution in [0.4, 0.5) is 0 Å². The maximum atomic E-state index is 11.7. The second-order valence-electron chi connectivity index (χ2n) is 3.28. The summed E-state index contributed by atoms with van der Waals surface area (Å²) >= 11 is 5.99. The first-order valence-corrected chi connectivity index (χ1v) is 5.58. The lowest BCUT2D eigenvalue weighted by Crippen LogP contribution is -2.35. The molecule has 1 unspecified atom stereocenters. The van der Waals surface area contributed by atoms with Crippen molar-refractivity contribution in [2.75, 3.05) is 13.6 Å². The molecular formula is C8H12N4OS2. The van der Waals surface area contributed by atoms with Gasteiger partial charge in [-0.05, 0) is 11.5 Å². The van der Waals surface area contributed by atoms with Gasteiger partial charge in [0, 0.05) is 24.9 Å². The predicted octanol–water partition coefficient (Wildman–Crippen LogP) is 0.532. The second kappa shape index (κ2) is 5.13. The van der Waals surface area contributed by atoms with Crippen LogP contribution in [0.1, 0.15) is 17.4 Å². The zero-order valence-corrected chi connectivity index (χ0v) is 10.1. The molecule has 0 bridgehead atoms. The summed E-state index contributed by atoms with van der Waals surface area (Å²) < 4.78 is 3.63. The van der Waals surface area contributed by atoms with Gasteiger partial charge in [0.1, 0.15) is 0 Å². The Kier molecular flexibility index (Phi) is 4.10. The van der Waals surface area contributed by atoms with Gasteiger partial charge in [-0.2, -0.15) is 0 Å². The van der Waals surface area contributed by atoms with Crippen LogP contribution in [0.3, 0.4) is 0 Å². The number of amides is 1. The highest BCUT2D eigenvalue weighted by Crippen LogP contribution is 2.05. The van der Waals surface area contributed by atoms with Crippen LogP contribution in [-0.2, 0) is 0 Å². The van der Waals surface area contributed by atoms with Gasteiger partial charge in [-0.25, -0.2) is 0 Å². The highest BCUT2D eigenvalue weighted by molar-refractivity contribution is 7.80. The quantitative estimate of drug-likeness (QED) is 0.782. The number of hydrogen-bond donors (Lipinski definition) is 1. The molecule has 1 aromatic heterocycles. The van der Waals surface area contributed by atoms with Crippen molar-refractivity contribution in [1.29, 1.82) is 0 Å².